The van der Waals surface area contributed by atoms with Crippen LogP contribution in [0.4, 0.5) is 5.69 Å². The second-order valence-electron chi connectivity index (χ2n) is 8.66. The van der Waals surface area contributed by atoms with Gasteiger partial charge in [0, 0.05) is 36.5 Å². The number of methoxy groups -OCH3 is 1. The number of halogens is 3. The number of benzene rings is 3. The number of rotatable bonds is 9. The highest BCUT2D eigenvalue weighted by molar-refractivity contribution is 9.11. The molecule has 202 valence electrons. The van der Waals surface area contributed by atoms with Crippen molar-refractivity contribution >= 4 is 70.6 Å². The summed E-state index contributed by atoms with van der Waals surface area (Å²) in [4.78, 5) is 29.5. The molecule has 4 rings (SSSR count). The largest absolute Gasteiger partial charge is 0.493 e. The fourth-order valence-corrected chi connectivity index (χ4v) is 5.33. The Morgan fingerprint density at radius 3 is 2.51 bits per heavy atom. The van der Waals surface area contributed by atoms with Gasteiger partial charge in [-0.3, -0.25) is 14.9 Å². The van der Waals surface area contributed by atoms with Gasteiger partial charge in [-0.1, -0.05) is 67.7 Å². The topological polar surface area (TPSA) is 109 Å². The lowest BCUT2D eigenvalue weighted by Gasteiger charge is -2.14. The number of fused-ring (bicyclic) bond motifs is 1. The smallest absolute Gasteiger partial charge is 0.315 e. The van der Waals surface area contributed by atoms with Crippen LogP contribution in [0.2, 0.25) is 0 Å². The molecule has 3 aromatic carbocycles. The minimum Gasteiger partial charge on any atom is -0.493 e. The highest BCUT2D eigenvalue weighted by atomic mass is 79.9. The minimum atomic E-state index is -0.544. The molecule has 1 heterocycles. The Hall–Kier alpha value is -3.09. The van der Waals surface area contributed by atoms with Crippen molar-refractivity contribution in [3.05, 3.63) is 99.4 Å². The molecule has 0 aliphatic rings. The first-order valence-corrected chi connectivity index (χ1v) is 14.2. The van der Waals surface area contributed by atoms with Gasteiger partial charge >= 0.3 is 5.69 Å². The summed E-state index contributed by atoms with van der Waals surface area (Å²) < 4.78 is 15.0. The molecule has 12 heteroatoms. The van der Waals surface area contributed by atoms with E-state index in [-0.39, 0.29) is 35.3 Å². The molecule has 0 aliphatic heterocycles. The Balaban J connectivity index is 1.76. The zero-order chi connectivity index (χ0) is 28.3. The number of hydrogen-bond donors (Lipinski definition) is 0. The number of hydrogen-bond acceptors (Lipinski definition) is 7. The van der Waals surface area contributed by atoms with Crippen LogP contribution in [0.25, 0.3) is 10.9 Å². The van der Waals surface area contributed by atoms with Gasteiger partial charge in [-0.15, -0.1) is 0 Å². The van der Waals surface area contributed by atoms with Crippen molar-refractivity contribution < 1.29 is 14.4 Å². The van der Waals surface area contributed by atoms with Crippen molar-refractivity contribution in [2.24, 2.45) is 5.10 Å². The van der Waals surface area contributed by atoms with E-state index in [0.717, 1.165) is 25.4 Å². The Morgan fingerprint density at radius 1 is 1.13 bits per heavy atom. The molecule has 0 unspecified atom stereocenters. The number of nitro groups is 1. The molecule has 0 saturated carbocycles. The summed E-state index contributed by atoms with van der Waals surface area (Å²) in [5.41, 5.74) is 1.09. The Morgan fingerprint density at radius 2 is 1.85 bits per heavy atom. The number of nitro benzene ring substituents is 1. The van der Waals surface area contributed by atoms with Crippen LogP contribution < -0.4 is 15.0 Å². The van der Waals surface area contributed by atoms with Crippen LogP contribution in [0.5, 0.6) is 11.5 Å². The lowest BCUT2D eigenvalue weighted by atomic mass is 10.1. The maximum absolute atomic E-state index is 13.4. The van der Waals surface area contributed by atoms with Crippen molar-refractivity contribution in [3.8, 4) is 11.5 Å². The molecular weight excluding hydrogens is 700 g/mol. The first-order valence-electron chi connectivity index (χ1n) is 11.8. The Kier molecular flexibility index (Phi) is 9.19. The van der Waals surface area contributed by atoms with Gasteiger partial charge in [-0.25, -0.2) is 4.98 Å². The zero-order valence-electron chi connectivity index (χ0n) is 21.2. The number of nitrogens with zero attached hydrogens (tertiary/aromatic N) is 4. The van der Waals surface area contributed by atoms with Crippen molar-refractivity contribution in [3.63, 3.8) is 0 Å². The average molecular weight is 723 g/mol. The monoisotopic (exact) mass is 720 g/mol. The number of ether oxygens (including phenoxy) is 2. The summed E-state index contributed by atoms with van der Waals surface area (Å²) in [7, 11) is 1.40. The summed E-state index contributed by atoms with van der Waals surface area (Å²) in [6.45, 7) is 4.03. The van der Waals surface area contributed by atoms with E-state index in [4.69, 9.17) is 9.47 Å². The van der Waals surface area contributed by atoms with Crippen LogP contribution >= 0.6 is 47.8 Å². The van der Waals surface area contributed by atoms with Gasteiger partial charge in [0.15, 0.2) is 5.75 Å². The van der Waals surface area contributed by atoms with E-state index < -0.39 is 4.92 Å². The molecule has 0 saturated heterocycles. The summed E-state index contributed by atoms with van der Waals surface area (Å²) in [5, 5.41) is 16.8. The van der Waals surface area contributed by atoms with Gasteiger partial charge in [0.1, 0.15) is 12.4 Å². The zero-order valence-corrected chi connectivity index (χ0v) is 25.9. The predicted molar refractivity (Wildman–Crippen MR) is 161 cm³/mol. The molecule has 1 aromatic heterocycles. The van der Waals surface area contributed by atoms with Gasteiger partial charge in [-0.2, -0.15) is 9.78 Å². The quantitative estimate of drug-likeness (QED) is 0.100. The van der Waals surface area contributed by atoms with Gasteiger partial charge in [0.25, 0.3) is 5.56 Å². The predicted octanol–water partition coefficient (Wildman–Crippen LogP) is 7.58. The third kappa shape index (κ3) is 6.39. The fraction of sp³-hybridized carbons (Fsp3) is 0.222. The van der Waals surface area contributed by atoms with Crippen molar-refractivity contribution in [2.75, 3.05) is 7.11 Å². The third-order valence-electron chi connectivity index (χ3n) is 6.07. The average Bonchev–Trinajstić information content (AvgIpc) is 2.91. The maximum Gasteiger partial charge on any atom is 0.315 e. The Bertz CT molecular complexity index is 1660. The van der Waals surface area contributed by atoms with E-state index in [9.17, 15) is 14.9 Å². The van der Waals surface area contributed by atoms with E-state index in [0.29, 0.717) is 22.3 Å². The van der Waals surface area contributed by atoms with Crippen LogP contribution in [-0.2, 0) is 6.61 Å². The van der Waals surface area contributed by atoms with Gasteiger partial charge in [-0.05, 0) is 42.8 Å². The maximum atomic E-state index is 13.4. The number of aromatic nitrogens is 2. The second-order valence-corrected chi connectivity index (χ2v) is 11.3. The van der Waals surface area contributed by atoms with E-state index in [1.54, 1.807) is 18.2 Å². The molecule has 0 spiro atoms. The van der Waals surface area contributed by atoms with Gasteiger partial charge < -0.3 is 9.47 Å². The normalized spacial score (nSPS) is 12.2. The molecule has 9 nitrogen and oxygen atoms in total. The lowest BCUT2D eigenvalue weighted by molar-refractivity contribution is -0.386. The molecule has 0 fully saturated rings. The minimum absolute atomic E-state index is 0.0100. The van der Waals surface area contributed by atoms with E-state index >= 15 is 0 Å². The highest BCUT2D eigenvalue weighted by Gasteiger charge is 2.23. The van der Waals surface area contributed by atoms with Crippen LogP contribution in [0, 0.1) is 10.1 Å². The van der Waals surface area contributed by atoms with Crippen LogP contribution in [0.15, 0.2) is 71.8 Å². The first-order chi connectivity index (χ1) is 18.6. The molecule has 1 atom stereocenters. The lowest BCUT2D eigenvalue weighted by Crippen LogP contribution is -2.23. The molecule has 0 amide bonds. The first kappa shape index (κ1) is 28.9. The molecule has 0 aliphatic carbocycles. The molecule has 0 bridgehead atoms. The Labute approximate surface area is 249 Å². The van der Waals surface area contributed by atoms with Crippen LogP contribution in [0.1, 0.15) is 43.1 Å². The molecule has 4 aromatic rings. The standard InChI is InChI=1S/C27H23Br3N4O5/c1-4-15(2)26-32-22-8-7-18(28)11-20(22)27(35)33(26)31-13-16-9-23(34(36)37)25(24(10-16)38-3)39-14-17-5-6-19(29)12-21(17)30/h5-13,15H,4,14H2,1-3H3/t15-/m0/s1. The summed E-state index contributed by atoms with van der Waals surface area (Å²) in [6, 6.07) is 13.8. The summed E-state index contributed by atoms with van der Waals surface area (Å²) in [6.07, 6.45) is 2.12. The van der Waals surface area contributed by atoms with Crippen molar-refractivity contribution in [1.82, 2.24) is 9.66 Å². The molecule has 0 radical (unpaired) electrons. The molecule has 0 N–H and O–H groups in total. The summed E-state index contributed by atoms with van der Waals surface area (Å²) >= 11 is 10.3. The third-order valence-corrected chi connectivity index (χ3v) is 7.79. The molecule has 39 heavy (non-hydrogen) atoms. The van der Waals surface area contributed by atoms with E-state index in [2.05, 4.69) is 57.9 Å². The van der Waals surface area contributed by atoms with Crippen molar-refractivity contribution in [2.45, 2.75) is 32.8 Å². The van der Waals surface area contributed by atoms with Gasteiger partial charge in [0.05, 0.1) is 29.2 Å². The SMILES string of the molecule is CC[C@H](C)c1nc2ccc(Br)cc2c(=O)n1N=Cc1cc(OC)c(OCc2ccc(Br)cc2Br)c([N+](=O)[O-])c1. The van der Waals surface area contributed by atoms with Crippen molar-refractivity contribution in [1.29, 1.82) is 0 Å². The van der Waals surface area contributed by atoms with E-state index in [1.165, 1.54) is 24.1 Å². The van der Waals surface area contributed by atoms with Gasteiger partial charge in [0.2, 0.25) is 5.75 Å². The van der Waals surface area contributed by atoms with Crippen LogP contribution in [-0.4, -0.2) is 27.9 Å². The van der Waals surface area contributed by atoms with E-state index in [1.807, 2.05) is 38.1 Å². The summed E-state index contributed by atoms with van der Waals surface area (Å²) in [5.74, 6) is 0.591. The van der Waals surface area contributed by atoms with Crippen LogP contribution in [0.3, 0.4) is 0 Å². The second kappa shape index (κ2) is 12.4. The molecular formula is C27H23Br3N4O5. The fourth-order valence-electron chi connectivity index (χ4n) is 3.81. The highest BCUT2D eigenvalue weighted by Crippen LogP contribution is 2.39.